The minimum atomic E-state index is 0.541. The molecule has 5 heterocycles. The first kappa shape index (κ1) is 24.4. The van der Waals surface area contributed by atoms with Crippen molar-refractivity contribution in [3.63, 3.8) is 0 Å². The van der Waals surface area contributed by atoms with Crippen molar-refractivity contribution in [3.05, 3.63) is 140 Å². The van der Waals surface area contributed by atoms with Crippen LogP contribution in [0.3, 0.4) is 0 Å². The van der Waals surface area contributed by atoms with E-state index < -0.39 is 0 Å². The van der Waals surface area contributed by atoms with Gasteiger partial charge in [0.05, 0.1) is 22.1 Å². The van der Waals surface area contributed by atoms with E-state index in [4.69, 9.17) is 15.0 Å². The molecule has 9 rings (SSSR count). The van der Waals surface area contributed by atoms with Gasteiger partial charge in [-0.2, -0.15) is 9.97 Å². The molecule has 0 aliphatic carbocycles. The minimum Gasteiger partial charge on any atom is -0.307 e. The number of hydrogen-bond acceptors (Lipinski definition) is 5. The lowest BCUT2D eigenvalue weighted by Crippen LogP contribution is -2.07. The van der Waals surface area contributed by atoms with Gasteiger partial charge in [-0.15, -0.1) is 0 Å². The number of hydrogen-bond donors (Lipinski definition) is 0. The van der Waals surface area contributed by atoms with Crippen LogP contribution >= 0.6 is 0 Å². The Morgan fingerprint density at radius 1 is 0.409 bits per heavy atom. The fourth-order valence-electron chi connectivity index (χ4n) is 6.24. The van der Waals surface area contributed by atoms with Crippen LogP contribution in [0.5, 0.6) is 0 Å². The normalized spacial score (nSPS) is 11.6. The summed E-state index contributed by atoms with van der Waals surface area (Å²) in [5, 5.41) is 4.27. The molecule has 0 N–H and O–H groups in total. The van der Waals surface area contributed by atoms with Crippen molar-refractivity contribution in [2.45, 2.75) is 0 Å². The third-order valence-electron chi connectivity index (χ3n) is 8.16. The molecule has 0 bridgehead atoms. The van der Waals surface area contributed by atoms with Crippen LogP contribution in [0.4, 0.5) is 0 Å². The van der Waals surface area contributed by atoms with Crippen LogP contribution in [0, 0.1) is 0 Å². The second kappa shape index (κ2) is 9.68. The van der Waals surface area contributed by atoms with Gasteiger partial charge >= 0.3 is 0 Å². The molecule has 0 spiro atoms. The van der Waals surface area contributed by atoms with E-state index in [1.165, 1.54) is 0 Å². The first-order chi connectivity index (χ1) is 21.8. The third-order valence-corrected chi connectivity index (χ3v) is 8.16. The van der Waals surface area contributed by atoms with E-state index in [-0.39, 0.29) is 0 Å². The van der Waals surface area contributed by atoms with Gasteiger partial charge in [0.1, 0.15) is 0 Å². The molecule has 7 heteroatoms. The van der Waals surface area contributed by atoms with Gasteiger partial charge in [0.2, 0.25) is 5.95 Å². The maximum atomic E-state index is 5.13. The monoisotopic (exact) mass is 565 g/mol. The van der Waals surface area contributed by atoms with Crippen LogP contribution in [-0.2, 0) is 0 Å². The van der Waals surface area contributed by atoms with E-state index in [1.807, 2.05) is 97.6 Å². The lowest BCUT2D eigenvalue weighted by Gasteiger charge is -2.13. The molecule has 0 unspecified atom stereocenters. The Labute approximate surface area is 251 Å². The van der Waals surface area contributed by atoms with E-state index in [2.05, 4.69) is 61.6 Å². The molecule has 4 aromatic carbocycles. The number of aromatic nitrogens is 7. The molecular weight excluding hydrogens is 542 g/mol. The predicted octanol–water partition coefficient (Wildman–Crippen LogP) is 8.19. The van der Waals surface area contributed by atoms with Gasteiger partial charge in [-0.05, 0) is 24.3 Å². The van der Waals surface area contributed by atoms with Gasteiger partial charge in [-0.25, -0.2) is 4.98 Å². The second-order valence-electron chi connectivity index (χ2n) is 10.7. The highest BCUT2D eigenvalue weighted by molar-refractivity contribution is 6.23. The molecule has 206 valence electrons. The lowest BCUT2D eigenvalue weighted by atomic mass is 10.1. The van der Waals surface area contributed by atoms with Crippen LogP contribution in [0.2, 0.25) is 0 Å². The summed E-state index contributed by atoms with van der Waals surface area (Å²) in [6, 6.07) is 39.1. The van der Waals surface area contributed by atoms with Crippen molar-refractivity contribution in [3.8, 4) is 34.4 Å². The maximum Gasteiger partial charge on any atom is 0.238 e. The number of para-hydroxylation sites is 1. The van der Waals surface area contributed by atoms with Crippen molar-refractivity contribution in [2.24, 2.45) is 0 Å². The summed E-state index contributed by atoms with van der Waals surface area (Å²) in [7, 11) is 0. The first-order valence-corrected chi connectivity index (χ1v) is 14.4. The predicted molar refractivity (Wildman–Crippen MR) is 175 cm³/mol. The molecule has 0 aliphatic heterocycles. The van der Waals surface area contributed by atoms with Crippen LogP contribution in [0.25, 0.3) is 78.0 Å². The molecule has 5 aromatic heterocycles. The SMILES string of the molecule is c1ccc(-c2nc(-c3ccccc3)nc(-n3c4ccncc4c4ccc5c6cnccc6n(-c6ccccc6)c5c43)n2)cc1. The van der Waals surface area contributed by atoms with E-state index >= 15 is 0 Å². The molecule has 44 heavy (non-hydrogen) atoms. The summed E-state index contributed by atoms with van der Waals surface area (Å²) in [6.45, 7) is 0. The smallest absolute Gasteiger partial charge is 0.238 e. The van der Waals surface area contributed by atoms with Gasteiger partial charge in [0.15, 0.2) is 11.6 Å². The molecule has 0 aliphatic rings. The zero-order valence-corrected chi connectivity index (χ0v) is 23.4. The van der Waals surface area contributed by atoms with E-state index in [1.54, 1.807) is 0 Å². The van der Waals surface area contributed by atoms with Crippen LogP contribution in [0.1, 0.15) is 0 Å². The largest absolute Gasteiger partial charge is 0.307 e. The molecule has 7 nitrogen and oxygen atoms in total. The van der Waals surface area contributed by atoms with E-state index in [9.17, 15) is 0 Å². The van der Waals surface area contributed by atoms with Crippen molar-refractivity contribution < 1.29 is 0 Å². The van der Waals surface area contributed by atoms with Crippen LogP contribution < -0.4 is 0 Å². The van der Waals surface area contributed by atoms with Gasteiger partial charge in [-0.3, -0.25) is 14.5 Å². The fourth-order valence-corrected chi connectivity index (χ4v) is 6.24. The Bertz CT molecular complexity index is 2420. The Kier molecular flexibility index (Phi) is 5.36. The average Bonchev–Trinajstić information content (AvgIpc) is 3.62. The first-order valence-electron chi connectivity index (χ1n) is 14.4. The summed E-state index contributed by atoms with van der Waals surface area (Å²) in [6.07, 6.45) is 7.54. The van der Waals surface area contributed by atoms with Gasteiger partial charge < -0.3 is 4.57 Å². The Balaban J connectivity index is 1.48. The summed E-state index contributed by atoms with van der Waals surface area (Å²) in [5.41, 5.74) is 7.00. The Morgan fingerprint density at radius 3 is 1.43 bits per heavy atom. The minimum absolute atomic E-state index is 0.541. The van der Waals surface area contributed by atoms with E-state index in [0.29, 0.717) is 17.6 Å². The standard InChI is InChI=1S/C37H23N7/c1-4-10-24(11-5-1)35-40-36(25-12-6-2-7-13-25)42-37(41-35)44-32-19-21-39-23-30(32)28-17-16-27-29-22-38-20-18-31(29)43(33(27)34(28)44)26-14-8-3-9-15-26/h1-23H. The molecule has 0 saturated carbocycles. The zero-order valence-electron chi connectivity index (χ0n) is 23.4. The van der Waals surface area contributed by atoms with Gasteiger partial charge in [-0.1, -0.05) is 91.0 Å². The van der Waals surface area contributed by atoms with Crippen molar-refractivity contribution in [2.75, 3.05) is 0 Å². The summed E-state index contributed by atoms with van der Waals surface area (Å²) in [5.74, 6) is 1.76. The Hall–Kier alpha value is -6.21. The molecule has 0 amide bonds. The van der Waals surface area contributed by atoms with Gasteiger partial charge in [0, 0.05) is 63.1 Å². The highest BCUT2D eigenvalue weighted by atomic mass is 15.2. The number of pyridine rings is 2. The van der Waals surface area contributed by atoms with E-state index in [0.717, 1.165) is 60.4 Å². The zero-order chi connectivity index (χ0) is 29.0. The summed E-state index contributed by atoms with van der Waals surface area (Å²) >= 11 is 0. The lowest BCUT2D eigenvalue weighted by molar-refractivity contribution is 0.953. The molecular formula is C37H23N7. The Morgan fingerprint density at radius 2 is 0.886 bits per heavy atom. The number of benzene rings is 4. The topological polar surface area (TPSA) is 74.3 Å². The quantitative estimate of drug-likeness (QED) is 0.215. The second-order valence-corrected chi connectivity index (χ2v) is 10.7. The number of rotatable bonds is 4. The van der Waals surface area contributed by atoms with Crippen LogP contribution in [-0.4, -0.2) is 34.1 Å². The fraction of sp³-hybridized carbons (Fsp3) is 0. The van der Waals surface area contributed by atoms with Gasteiger partial charge in [0.25, 0.3) is 0 Å². The number of fused-ring (bicyclic) bond motifs is 7. The highest BCUT2D eigenvalue weighted by Gasteiger charge is 2.23. The summed E-state index contributed by atoms with van der Waals surface area (Å²) < 4.78 is 4.48. The van der Waals surface area contributed by atoms with Crippen molar-refractivity contribution >= 4 is 43.6 Å². The van der Waals surface area contributed by atoms with Crippen molar-refractivity contribution in [1.29, 1.82) is 0 Å². The molecule has 0 atom stereocenters. The third kappa shape index (κ3) is 3.66. The molecule has 9 aromatic rings. The highest BCUT2D eigenvalue weighted by Crippen LogP contribution is 2.41. The molecule has 0 radical (unpaired) electrons. The maximum absolute atomic E-state index is 5.13. The number of nitrogens with zero attached hydrogens (tertiary/aromatic N) is 7. The molecule has 0 fully saturated rings. The van der Waals surface area contributed by atoms with Crippen LogP contribution in [0.15, 0.2) is 140 Å². The van der Waals surface area contributed by atoms with Crippen molar-refractivity contribution in [1.82, 2.24) is 34.1 Å². The molecule has 0 saturated heterocycles. The summed E-state index contributed by atoms with van der Waals surface area (Å²) in [4.78, 5) is 24.2. The average molecular weight is 566 g/mol.